The maximum absolute atomic E-state index is 12.1. The highest BCUT2D eigenvalue weighted by atomic mass is 32.1. The minimum Gasteiger partial charge on any atom is -0.480 e. The predicted molar refractivity (Wildman–Crippen MR) is 73.7 cm³/mol. The van der Waals surface area contributed by atoms with Gasteiger partial charge in [0.2, 0.25) is 5.91 Å². The molecule has 7 nitrogen and oxygen atoms in total. The molecule has 8 heteroatoms. The Labute approximate surface area is 117 Å². The molecule has 20 heavy (non-hydrogen) atoms. The van der Waals surface area contributed by atoms with E-state index < -0.39 is 12.5 Å². The van der Waals surface area contributed by atoms with Crippen LogP contribution in [0.2, 0.25) is 0 Å². The van der Waals surface area contributed by atoms with E-state index in [1.54, 1.807) is 13.0 Å². The Bertz CT molecular complexity index is 719. The van der Waals surface area contributed by atoms with Crippen molar-refractivity contribution in [1.82, 2.24) is 14.9 Å². The lowest BCUT2D eigenvalue weighted by Crippen LogP contribution is -2.23. The normalized spacial score (nSPS) is 10.7. The van der Waals surface area contributed by atoms with Crippen LogP contribution in [0.1, 0.15) is 18.2 Å². The molecule has 2 N–H and O–H groups in total. The van der Waals surface area contributed by atoms with E-state index in [0.29, 0.717) is 23.2 Å². The molecule has 2 aromatic heterocycles. The largest absolute Gasteiger partial charge is 0.480 e. The predicted octanol–water partition coefficient (Wildman–Crippen LogP) is 0.569. The zero-order valence-corrected chi connectivity index (χ0v) is 11.6. The molecular formula is C12H13N3O4S. The van der Waals surface area contributed by atoms with Crippen molar-refractivity contribution in [2.75, 3.05) is 0 Å². The number of carboxylic acids is 1. The van der Waals surface area contributed by atoms with Gasteiger partial charge in [0.25, 0.3) is 5.56 Å². The average Bonchev–Trinajstić information content (AvgIpc) is 2.83. The Morgan fingerprint density at radius 3 is 2.90 bits per heavy atom. The molecule has 2 heterocycles. The quantitative estimate of drug-likeness (QED) is 0.839. The van der Waals surface area contributed by atoms with E-state index in [-0.39, 0.29) is 11.5 Å². The standard InChI is InChI=1S/C12H13N3O4S/c1-2-9(16)13-4-7-3-8-11(20-7)14-6-15(12(8)19)5-10(17)18/h3,6H,2,4-5H2,1H3,(H,13,16)(H,17,18). The molecule has 0 radical (unpaired) electrons. The lowest BCUT2D eigenvalue weighted by atomic mass is 10.3. The number of carboxylic acid groups (broad SMARTS) is 1. The fraction of sp³-hybridized carbons (Fsp3) is 0.333. The summed E-state index contributed by atoms with van der Waals surface area (Å²) in [5, 5.41) is 11.8. The molecule has 0 spiro atoms. The Kier molecular flexibility index (Phi) is 4.14. The summed E-state index contributed by atoms with van der Waals surface area (Å²) in [6.45, 7) is 1.68. The summed E-state index contributed by atoms with van der Waals surface area (Å²) in [6.07, 6.45) is 1.62. The van der Waals surface area contributed by atoms with Gasteiger partial charge in [0.05, 0.1) is 18.3 Å². The first kappa shape index (κ1) is 14.2. The highest BCUT2D eigenvalue weighted by Crippen LogP contribution is 2.20. The van der Waals surface area contributed by atoms with E-state index in [1.807, 2.05) is 0 Å². The molecule has 0 fully saturated rings. The number of fused-ring (bicyclic) bond motifs is 1. The summed E-state index contributed by atoms with van der Waals surface area (Å²) in [5.74, 6) is -1.17. The van der Waals surface area contributed by atoms with Crippen molar-refractivity contribution in [2.45, 2.75) is 26.4 Å². The summed E-state index contributed by atoms with van der Waals surface area (Å²) in [5.41, 5.74) is -0.387. The van der Waals surface area contributed by atoms with Crippen LogP contribution in [-0.2, 0) is 22.7 Å². The van der Waals surface area contributed by atoms with Gasteiger partial charge in [0, 0.05) is 11.3 Å². The number of nitrogens with zero attached hydrogens (tertiary/aromatic N) is 2. The van der Waals surface area contributed by atoms with Crippen LogP contribution >= 0.6 is 11.3 Å². The van der Waals surface area contributed by atoms with Crippen LogP contribution in [0.25, 0.3) is 10.2 Å². The molecule has 2 aromatic rings. The Hall–Kier alpha value is -2.22. The molecule has 0 atom stereocenters. The summed E-state index contributed by atoms with van der Waals surface area (Å²) in [4.78, 5) is 39.3. The zero-order valence-electron chi connectivity index (χ0n) is 10.8. The molecule has 0 saturated carbocycles. The molecule has 106 valence electrons. The van der Waals surface area contributed by atoms with Gasteiger partial charge in [-0.1, -0.05) is 6.92 Å². The van der Waals surface area contributed by atoms with Crippen LogP contribution in [0.4, 0.5) is 0 Å². The maximum atomic E-state index is 12.1. The average molecular weight is 295 g/mol. The van der Waals surface area contributed by atoms with Crippen LogP contribution in [0, 0.1) is 0 Å². The van der Waals surface area contributed by atoms with Crippen LogP contribution < -0.4 is 10.9 Å². The van der Waals surface area contributed by atoms with Gasteiger partial charge >= 0.3 is 5.97 Å². The third kappa shape index (κ3) is 3.02. The third-order valence-electron chi connectivity index (χ3n) is 2.66. The van der Waals surface area contributed by atoms with Gasteiger partial charge in [-0.3, -0.25) is 19.0 Å². The first-order valence-corrected chi connectivity index (χ1v) is 6.79. The van der Waals surface area contributed by atoms with Gasteiger partial charge in [0.1, 0.15) is 11.4 Å². The van der Waals surface area contributed by atoms with Gasteiger partial charge in [-0.15, -0.1) is 11.3 Å². The number of hydrogen-bond donors (Lipinski definition) is 2. The van der Waals surface area contributed by atoms with E-state index in [0.717, 1.165) is 9.44 Å². The highest BCUT2D eigenvalue weighted by molar-refractivity contribution is 7.18. The summed E-state index contributed by atoms with van der Waals surface area (Å²) in [7, 11) is 0. The van der Waals surface area contributed by atoms with Crippen molar-refractivity contribution >= 4 is 33.4 Å². The number of aliphatic carboxylic acids is 1. The van der Waals surface area contributed by atoms with Crippen molar-refractivity contribution in [3.8, 4) is 0 Å². The molecule has 0 aliphatic heterocycles. The number of carbonyl (C=O) groups excluding carboxylic acids is 1. The fourth-order valence-electron chi connectivity index (χ4n) is 1.67. The molecule has 0 bridgehead atoms. The minimum atomic E-state index is -1.10. The number of hydrogen-bond acceptors (Lipinski definition) is 5. The van der Waals surface area contributed by atoms with Crippen molar-refractivity contribution in [1.29, 1.82) is 0 Å². The van der Waals surface area contributed by atoms with Gasteiger partial charge in [-0.2, -0.15) is 0 Å². The first-order chi connectivity index (χ1) is 9.51. The summed E-state index contributed by atoms with van der Waals surface area (Å²) >= 11 is 1.30. The number of nitrogens with one attached hydrogen (secondary N) is 1. The van der Waals surface area contributed by atoms with Gasteiger partial charge in [0.15, 0.2) is 0 Å². The highest BCUT2D eigenvalue weighted by Gasteiger charge is 2.11. The van der Waals surface area contributed by atoms with Crippen molar-refractivity contribution in [2.24, 2.45) is 0 Å². The fourth-order valence-corrected chi connectivity index (χ4v) is 2.59. The molecule has 0 aliphatic rings. The van der Waals surface area contributed by atoms with Crippen LogP contribution in [0.5, 0.6) is 0 Å². The number of rotatable bonds is 5. The van der Waals surface area contributed by atoms with Crippen molar-refractivity contribution in [3.05, 3.63) is 27.6 Å². The number of amides is 1. The van der Waals surface area contributed by atoms with Gasteiger partial charge in [-0.25, -0.2) is 4.98 Å². The molecule has 0 unspecified atom stereocenters. The summed E-state index contributed by atoms with van der Waals surface area (Å²) in [6, 6.07) is 1.64. The Morgan fingerprint density at radius 1 is 1.50 bits per heavy atom. The third-order valence-corrected chi connectivity index (χ3v) is 3.70. The van der Waals surface area contributed by atoms with Crippen molar-refractivity contribution in [3.63, 3.8) is 0 Å². The van der Waals surface area contributed by atoms with Crippen LogP contribution in [0.3, 0.4) is 0 Å². The lowest BCUT2D eigenvalue weighted by Gasteiger charge is -1.99. The second-order valence-electron chi connectivity index (χ2n) is 4.13. The van der Waals surface area contributed by atoms with Crippen molar-refractivity contribution < 1.29 is 14.7 Å². The molecule has 0 aliphatic carbocycles. The van der Waals surface area contributed by atoms with E-state index in [2.05, 4.69) is 10.3 Å². The number of carbonyl (C=O) groups is 2. The summed E-state index contributed by atoms with van der Waals surface area (Å²) < 4.78 is 1.05. The zero-order chi connectivity index (χ0) is 14.7. The van der Waals surface area contributed by atoms with Gasteiger partial charge < -0.3 is 10.4 Å². The Balaban J connectivity index is 2.29. The van der Waals surface area contributed by atoms with E-state index in [4.69, 9.17) is 5.11 Å². The minimum absolute atomic E-state index is 0.0706. The SMILES string of the molecule is CCC(=O)NCc1cc2c(=O)n(CC(=O)O)cnc2s1. The molecule has 0 saturated heterocycles. The molecule has 2 rings (SSSR count). The molecule has 1 amide bonds. The van der Waals surface area contributed by atoms with E-state index in [1.165, 1.54) is 17.7 Å². The van der Waals surface area contributed by atoms with Crippen LogP contribution in [-0.4, -0.2) is 26.5 Å². The number of thiophene rings is 1. The monoisotopic (exact) mass is 295 g/mol. The lowest BCUT2D eigenvalue weighted by molar-refractivity contribution is -0.137. The van der Waals surface area contributed by atoms with Crippen LogP contribution in [0.15, 0.2) is 17.2 Å². The Morgan fingerprint density at radius 2 is 2.25 bits per heavy atom. The first-order valence-electron chi connectivity index (χ1n) is 5.97. The maximum Gasteiger partial charge on any atom is 0.323 e. The van der Waals surface area contributed by atoms with E-state index >= 15 is 0 Å². The van der Waals surface area contributed by atoms with Gasteiger partial charge in [-0.05, 0) is 6.07 Å². The molecule has 0 aromatic carbocycles. The molecular weight excluding hydrogens is 282 g/mol. The topological polar surface area (TPSA) is 101 Å². The second kappa shape index (κ2) is 5.83. The smallest absolute Gasteiger partial charge is 0.323 e. The number of aromatic nitrogens is 2. The van der Waals surface area contributed by atoms with E-state index in [9.17, 15) is 14.4 Å². The second-order valence-corrected chi connectivity index (χ2v) is 5.25.